The first-order valence-electron chi connectivity index (χ1n) is 6.51. The van der Waals surface area contributed by atoms with Gasteiger partial charge in [-0.2, -0.15) is 0 Å². The molecule has 0 bridgehead atoms. The van der Waals surface area contributed by atoms with E-state index in [1.807, 2.05) is 19.1 Å². The molecule has 0 aromatic heterocycles. The molecule has 1 aromatic carbocycles. The minimum absolute atomic E-state index is 0.125. The summed E-state index contributed by atoms with van der Waals surface area (Å²) in [5, 5.41) is 2.94. The molecule has 5 nitrogen and oxygen atoms in total. The number of nitrogens with two attached hydrogens (primary N) is 1. The number of amides is 1. The normalized spacial score (nSPS) is 16.6. The van der Waals surface area contributed by atoms with Crippen molar-refractivity contribution in [2.45, 2.75) is 31.8 Å². The second-order valence-corrected chi connectivity index (χ2v) is 5.12. The van der Waals surface area contributed by atoms with Gasteiger partial charge in [0.05, 0.1) is 16.9 Å². The van der Waals surface area contributed by atoms with Crippen LogP contribution in [-0.2, 0) is 4.74 Å². The van der Waals surface area contributed by atoms with Crippen molar-refractivity contribution in [3.63, 3.8) is 0 Å². The predicted octanol–water partition coefficient (Wildman–Crippen LogP) is 1.58. The highest BCUT2D eigenvalue weighted by molar-refractivity contribution is 5.99. The third-order valence-electron chi connectivity index (χ3n) is 3.84. The van der Waals surface area contributed by atoms with Crippen molar-refractivity contribution in [3.05, 3.63) is 29.3 Å². The number of anilines is 1. The number of hydrogen-bond donors (Lipinski definition) is 3. The number of carbonyl (C=O) groups is 1. The van der Waals surface area contributed by atoms with Crippen molar-refractivity contribution < 1.29 is 9.53 Å². The van der Waals surface area contributed by atoms with Crippen molar-refractivity contribution in [1.29, 1.82) is 0 Å². The molecular formula is C14H21N3O2. The molecule has 19 heavy (non-hydrogen) atoms. The summed E-state index contributed by atoms with van der Waals surface area (Å²) in [6.45, 7) is 2.49. The molecule has 1 fully saturated rings. The van der Waals surface area contributed by atoms with Crippen LogP contribution in [0.4, 0.5) is 5.69 Å². The van der Waals surface area contributed by atoms with Crippen LogP contribution in [0.2, 0.25) is 0 Å². The average molecular weight is 263 g/mol. The Bertz CT molecular complexity index is 464. The van der Waals surface area contributed by atoms with Crippen LogP contribution in [0.25, 0.3) is 0 Å². The van der Waals surface area contributed by atoms with Gasteiger partial charge in [0.2, 0.25) is 0 Å². The first kappa shape index (κ1) is 13.8. The fourth-order valence-electron chi connectivity index (χ4n) is 2.33. The molecule has 0 unspecified atom stereocenters. The van der Waals surface area contributed by atoms with Gasteiger partial charge >= 0.3 is 0 Å². The molecule has 1 aromatic rings. The topological polar surface area (TPSA) is 76.4 Å². The van der Waals surface area contributed by atoms with Gasteiger partial charge in [0.25, 0.3) is 5.91 Å². The molecule has 0 spiro atoms. The van der Waals surface area contributed by atoms with Gasteiger partial charge in [0.15, 0.2) is 0 Å². The van der Waals surface area contributed by atoms with E-state index in [2.05, 4.69) is 10.7 Å². The molecule has 0 saturated heterocycles. The number of benzene rings is 1. The first-order chi connectivity index (χ1) is 9.10. The number of carbonyl (C=O) groups excluding carboxylic acids is 1. The predicted molar refractivity (Wildman–Crippen MR) is 74.9 cm³/mol. The lowest BCUT2D eigenvalue weighted by molar-refractivity contribution is -0.0679. The zero-order valence-electron chi connectivity index (χ0n) is 11.5. The molecular weight excluding hydrogens is 242 g/mol. The zero-order valence-corrected chi connectivity index (χ0v) is 11.5. The van der Waals surface area contributed by atoms with E-state index in [0.29, 0.717) is 17.8 Å². The van der Waals surface area contributed by atoms with Crippen molar-refractivity contribution in [2.75, 3.05) is 19.1 Å². The quantitative estimate of drug-likeness (QED) is 0.557. The van der Waals surface area contributed by atoms with Gasteiger partial charge in [-0.25, -0.2) is 0 Å². The minimum atomic E-state index is -0.171. The smallest absolute Gasteiger partial charge is 0.253 e. The van der Waals surface area contributed by atoms with Crippen LogP contribution in [0, 0.1) is 6.92 Å². The molecule has 1 amide bonds. The summed E-state index contributed by atoms with van der Waals surface area (Å²) in [5.74, 6) is 5.30. The third-order valence-corrected chi connectivity index (χ3v) is 3.84. The van der Waals surface area contributed by atoms with Crippen molar-refractivity contribution in [3.8, 4) is 0 Å². The van der Waals surface area contributed by atoms with Gasteiger partial charge in [-0.05, 0) is 38.3 Å². The van der Waals surface area contributed by atoms with E-state index < -0.39 is 0 Å². The van der Waals surface area contributed by atoms with E-state index in [0.717, 1.165) is 24.8 Å². The Morgan fingerprint density at radius 3 is 2.74 bits per heavy atom. The largest absolute Gasteiger partial charge is 0.376 e. The monoisotopic (exact) mass is 263 g/mol. The number of nitrogen functional groups attached to an aromatic ring is 1. The summed E-state index contributed by atoms with van der Waals surface area (Å²) in [5.41, 5.74) is 4.59. The first-order valence-corrected chi connectivity index (χ1v) is 6.51. The summed E-state index contributed by atoms with van der Waals surface area (Å²) in [4.78, 5) is 12.2. The molecule has 0 radical (unpaired) electrons. The number of methoxy groups -OCH3 is 1. The highest BCUT2D eigenvalue weighted by atomic mass is 16.5. The number of hydrazine groups is 1. The summed E-state index contributed by atoms with van der Waals surface area (Å²) in [7, 11) is 1.70. The highest BCUT2D eigenvalue weighted by Crippen LogP contribution is 2.34. The lowest BCUT2D eigenvalue weighted by atomic mass is 9.80. The van der Waals surface area contributed by atoms with E-state index >= 15 is 0 Å². The van der Waals surface area contributed by atoms with Gasteiger partial charge in [-0.3, -0.25) is 10.6 Å². The molecule has 2 rings (SSSR count). The Morgan fingerprint density at radius 2 is 2.21 bits per heavy atom. The van der Waals surface area contributed by atoms with E-state index in [1.165, 1.54) is 0 Å². The molecule has 1 aliphatic rings. The van der Waals surface area contributed by atoms with Gasteiger partial charge in [0, 0.05) is 13.7 Å². The summed E-state index contributed by atoms with van der Waals surface area (Å²) in [6.07, 6.45) is 3.16. The Balaban J connectivity index is 2.05. The Morgan fingerprint density at radius 1 is 1.47 bits per heavy atom. The van der Waals surface area contributed by atoms with E-state index in [9.17, 15) is 4.79 Å². The number of aryl methyl sites for hydroxylation is 1. The number of nitrogens with one attached hydrogen (secondary N) is 2. The standard InChI is InChI=1S/C14H21N3O2/c1-10-4-5-12(17-15)11(8-10)13(18)16-9-14(19-2)6-3-7-14/h4-5,8,17H,3,6-7,9,15H2,1-2H3,(H,16,18). The van der Waals surface area contributed by atoms with Gasteiger partial charge < -0.3 is 15.5 Å². The van der Waals surface area contributed by atoms with Gasteiger partial charge in [-0.15, -0.1) is 0 Å². The van der Waals surface area contributed by atoms with Crippen molar-refractivity contribution in [2.24, 2.45) is 5.84 Å². The molecule has 1 saturated carbocycles. The third kappa shape index (κ3) is 2.88. The second kappa shape index (κ2) is 5.59. The molecule has 5 heteroatoms. The molecule has 104 valence electrons. The van der Waals surface area contributed by atoms with Crippen LogP contribution in [-0.4, -0.2) is 25.2 Å². The van der Waals surface area contributed by atoms with Crippen LogP contribution in [0.5, 0.6) is 0 Å². The van der Waals surface area contributed by atoms with Crippen molar-refractivity contribution in [1.82, 2.24) is 5.32 Å². The molecule has 4 N–H and O–H groups in total. The van der Waals surface area contributed by atoms with Crippen LogP contribution < -0.4 is 16.6 Å². The Kier molecular flexibility index (Phi) is 4.07. The number of hydrogen-bond acceptors (Lipinski definition) is 4. The molecule has 0 aliphatic heterocycles. The van der Waals surface area contributed by atoms with E-state index in [-0.39, 0.29) is 11.5 Å². The maximum atomic E-state index is 12.2. The summed E-state index contributed by atoms with van der Waals surface area (Å²) in [6, 6.07) is 5.54. The number of ether oxygens (including phenoxy) is 1. The lowest BCUT2D eigenvalue weighted by Gasteiger charge is -2.40. The maximum Gasteiger partial charge on any atom is 0.253 e. The SMILES string of the molecule is COC1(CNC(=O)c2cc(C)ccc2NN)CCC1. The van der Waals surface area contributed by atoms with Gasteiger partial charge in [0.1, 0.15) is 0 Å². The highest BCUT2D eigenvalue weighted by Gasteiger charge is 2.37. The zero-order chi connectivity index (χ0) is 13.9. The number of rotatable bonds is 5. The van der Waals surface area contributed by atoms with Crippen LogP contribution in [0.3, 0.4) is 0 Å². The Labute approximate surface area is 113 Å². The average Bonchev–Trinajstić information content (AvgIpc) is 2.37. The second-order valence-electron chi connectivity index (χ2n) is 5.12. The lowest BCUT2D eigenvalue weighted by Crippen LogP contribution is -2.49. The molecule has 0 atom stereocenters. The molecule has 0 heterocycles. The molecule has 1 aliphatic carbocycles. The van der Waals surface area contributed by atoms with Crippen LogP contribution in [0.1, 0.15) is 35.2 Å². The Hall–Kier alpha value is -1.59. The van der Waals surface area contributed by atoms with E-state index in [4.69, 9.17) is 10.6 Å². The van der Waals surface area contributed by atoms with E-state index in [1.54, 1.807) is 13.2 Å². The fourth-order valence-corrected chi connectivity index (χ4v) is 2.33. The minimum Gasteiger partial charge on any atom is -0.376 e. The van der Waals surface area contributed by atoms with Crippen LogP contribution in [0.15, 0.2) is 18.2 Å². The van der Waals surface area contributed by atoms with Crippen molar-refractivity contribution >= 4 is 11.6 Å². The fraction of sp³-hybridized carbons (Fsp3) is 0.500. The van der Waals surface area contributed by atoms with Crippen LogP contribution >= 0.6 is 0 Å². The maximum absolute atomic E-state index is 12.2. The summed E-state index contributed by atoms with van der Waals surface area (Å²) < 4.78 is 5.49. The summed E-state index contributed by atoms with van der Waals surface area (Å²) >= 11 is 0. The van der Waals surface area contributed by atoms with Gasteiger partial charge in [-0.1, -0.05) is 11.6 Å².